The number of ether oxygens (including phenoxy) is 1. The third-order valence-electron chi connectivity index (χ3n) is 4.50. The molecule has 1 aromatic rings. The van der Waals surface area contributed by atoms with E-state index in [0.717, 1.165) is 30.0 Å². The van der Waals surface area contributed by atoms with Crippen molar-refractivity contribution in [2.24, 2.45) is 11.3 Å². The van der Waals surface area contributed by atoms with Crippen molar-refractivity contribution in [3.8, 4) is 0 Å². The summed E-state index contributed by atoms with van der Waals surface area (Å²) in [6.07, 6.45) is 4.59. The Morgan fingerprint density at radius 3 is 3.12 bits per heavy atom. The predicted molar refractivity (Wildman–Crippen MR) is 62.8 cm³/mol. The van der Waals surface area contributed by atoms with Crippen LogP contribution in [0, 0.1) is 11.3 Å². The van der Waals surface area contributed by atoms with Crippen molar-refractivity contribution >= 4 is 5.97 Å². The SMILES string of the molecule is CCOC(=O)c1n[nH]c2c1C[C@H]1CC[C@@]1(C)C2. The second-order valence-electron chi connectivity index (χ2n) is 5.52. The van der Waals surface area contributed by atoms with E-state index in [9.17, 15) is 4.79 Å². The van der Waals surface area contributed by atoms with Crippen LogP contribution in [0.25, 0.3) is 0 Å². The molecule has 17 heavy (non-hydrogen) atoms. The van der Waals surface area contributed by atoms with Crippen molar-refractivity contribution in [2.75, 3.05) is 6.61 Å². The lowest BCUT2D eigenvalue weighted by Gasteiger charge is -2.50. The Kier molecular flexibility index (Phi) is 2.28. The Hall–Kier alpha value is -1.32. The molecule has 0 aliphatic heterocycles. The summed E-state index contributed by atoms with van der Waals surface area (Å²) in [6.45, 7) is 4.57. The fraction of sp³-hybridized carbons (Fsp3) is 0.692. The molecule has 2 atom stereocenters. The van der Waals surface area contributed by atoms with Gasteiger partial charge in [-0.2, -0.15) is 5.10 Å². The Bertz CT molecular complexity index is 466. The van der Waals surface area contributed by atoms with Gasteiger partial charge in [0.25, 0.3) is 0 Å². The fourth-order valence-electron chi connectivity index (χ4n) is 3.21. The molecule has 4 nitrogen and oxygen atoms in total. The van der Waals surface area contributed by atoms with Gasteiger partial charge >= 0.3 is 5.97 Å². The molecular formula is C13H18N2O2. The maximum atomic E-state index is 11.8. The number of carbonyl (C=O) groups is 1. The molecule has 0 aromatic carbocycles. The van der Waals surface area contributed by atoms with Crippen molar-refractivity contribution in [1.82, 2.24) is 10.2 Å². The molecule has 1 saturated carbocycles. The van der Waals surface area contributed by atoms with Gasteiger partial charge in [0.1, 0.15) is 0 Å². The highest BCUT2D eigenvalue weighted by atomic mass is 16.5. The number of rotatable bonds is 2. The zero-order valence-electron chi connectivity index (χ0n) is 10.4. The molecule has 0 saturated heterocycles. The molecule has 2 aliphatic rings. The number of nitrogens with zero attached hydrogens (tertiary/aromatic N) is 1. The van der Waals surface area contributed by atoms with Crippen LogP contribution < -0.4 is 0 Å². The topological polar surface area (TPSA) is 55.0 Å². The van der Waals surface area contributed by atoms with Gasteiger partial charge in [0, 0.05) is 11.3 Å². The molecule has 0 spiro atoms. The maximum Gasteiger partial charge on any atom is 0.359 e. The molecule has 1 fully saturated rings. The number of aromatic amines is 1. The van der Waals surface area contributed by atoms with Crippen LogP contribution in [0.3, 0.4) is 0 Å². The van der Waals surface area contributed by atoms with Gasteiger partial charge in [-0.3, -0.25) is 5.10 Å². The van der Waals surface area contributed by atoms with Gasteiger partial charge in [-0.1, -0.05) is 6.92 Å². The van der Waals surface area contributed by atoms with Crippen LogP contribution in [0.15, 0.2) is 0 Å². The van der Waals surface area contributed by atoms with Crippen molar-refractivity contribution in [3.63, 3.8) is 0 Å². The zero-order chi connectivity index (χ0) is 12.0. The zero-order valence-corrected chi connectivity index (χ0v) is 10.4. The highest BCUT2D eigenvalue weighted by Crippen LogP contribution is 2.53. The van der Waals surface area contributed by atoms with E-state index in [-0.39, 0.29) is 5.97 Å². The van der Waals surface area contributed by atoms with Crippen molar-refractivity contribution in [3.05, 3.63) is 17.0 Å². The van der Waals surface area contributed by atoms with E-state index in [2.05, 4.69) is 17.1 Å². The van der Waals surface area contributed by atoms with Gasteiger partial charge in [0.05, 0.1) is 6.61 Å². The average molecular weight is 234 g/mol. The van der Waals surface area contributed by atoms with Gasteiger partial charge in [0.15, 0.2) is 5.69 Å². The standard InChI is InChI=1S/C13H18N2O2/c1-3-17-12(16)11-9-6-8-4-5-13(8,2)7-10(9)14-15-11/h8H,3-7H2,1-2H3,(H,14,15)/t8-,13+/m1/s1. The first-order chi connectivity index (χ1) is 8.14. The van der Waals surface area contributed by atoms with Crippen LogP contribution in [-0.2, 0) is 17.6 Å². The fourth-order valence-corrected chi connectivity index (χ4v) is 3.21. The number of aromatic nitrogens is 2. The van der Waals surface area contributed by atoms with Crippen molar-refractivity contribution < 1.29 is 9.53 Å². The molecule has 3 rings (SSSR count). The molecule has 1 heterocycles. The van der Waals surface area contributed by atoms with Gasteiger partial charge in [0.2, 0.25) is 0 Å². The van der Waals surface area contributed by atoms with Crippen molar-refractivity contribution in [2.45, 2.75) is 39.5 Å². The van der Waals surface area contributed by atoms with E-state index in [1.54, 1.807) is 0 Å². The summed E-state index contributed by atoms with van der Waals surface area (Å²) in [6, 6.07) is 0. The minimum Gasteiger partial charge on any atom is -0.461 e. The summed E-state index contributed by atoms with van der Waals surface area (Å²) in [5, 5.41) is 7.17. The smallest absolute Gasteiger partial charge is 0.359 e. The minimum absolute atomic E-state index is 0.284. The van der Waals surface area contributed by atoms with Crippen LogP contribution in [0.2, 0.25) is 0 Å². The number of fused-ring (bicyclic) bond motifs is 2. The van der Waals surface area contributed by atoms with E-state index >= 15 is 0 Å². The van der Waals surface area contributed by atoms with Crippen LogP contribution >= 0.6 is 0 Å². The van der Waals surface area contributed by atoms with Gasteiger partial charge < -0.3 is 4.74 Å². The van der Waals surface area contributed by atoms with Crippen molar-refractivity contribution in [1.29, 1.82) is 0 Å². The van der Waals surface area contributed by atoms with E-state index in [4.69, 9.17) is 4.74 Å². The Morgan fingerprint density at radius 1 is 1.65 bits per heavy atom. The summed E-state index contributed by atoms with van der Waals surface area (Å²) in [4.78, 5) is 11.8. The Balaban J connectivity index is 1.91. The normalized spacial score (nSPS) is 30.1. The second-order valence-corrected chi connectivity index (χ2v) is 5.52. The predicted octanol–water partition coefficient (Wildman–Crippen LogP) is 2.10. The first-order valence-corrected chi connectivity index (χ1v) is 6.37. The number of esters is 1. The van der Waals surface area contributed by atoms with Crippen LogP contribution in [0.4, 0.5) is 0 Å². The molecule has 0 amide bonds. The molecule has 0 bridgehead atoms. The summed E-state index contributed by atoms with van der Waals surface area (Å²) in [5.74, 6) is 0.439. The number of carbonyl (C=O) groups excluding carboxylic acids is 1. The lowest BCUT2D eigenvalue weighted by molar-refractivity contribution is 0.0381. The number of hydrogen-bond acceptors (Lipinski definition) is 3. The Labute approximate surface area is 101 Å². The molecule has 2 aliphatic carbocycles. The number of H-pyrrole nitrogens is 1. The lowest BCUT2D eigenvalue weighted by Crippen LogP contribution is -2.43. The molecule has 0 radical (unpaired) electrons. The lowest BCUT2D eigenvalue weighted by atomic mass is 9.54. The molecule has 4 heteroatoms. The molecule has 1 aromatic heterocycles. The number of nitrogens with one attached hydrogen (secondary N) is 1. The summed E-state index contributed by atoms with van der Waals surface area (Å²) in [5.41, 5.74) is 3.19. The Morgan fingerprint density at radius 2 is 2.47 bits per heavy atom. The summed E-state index contributed by atoms with van der Waals surface area (Å²) >= 11 is 0. The van der Waals surface area contributed by atoms with Gasteiger partial charge in [-0.05, 0) is 43.9 Å². The van der Waals surface area contributed by atoms with E-state index in [1.807, 2.05) is 6.92 Å². The van der Waals surface area contributed by atoms with Crippen LogP contribution in [0.1, 0.15) is 48.4 Å². The summed E-state index contributed by atoms with van der Waals surface area (Å²) in [7, 11) is 0. The van der Waals surface area contributed by atoms with E-state index in [0.29, 0.717) is 17.7 Å². The molecule has 0 unspecified atom stereocenters. The quantitative estimate of drug-likeness (QED) is 0.797. The van der Waals surface area contributed by atoms with Crippen LogP contribution in [-0.4, -0.2) is 22.8 Å². The second kappa shape index (κ2) is 3.59. The van der Waals surface area contributed by atoms with E-state index < -0.39 is 0 Å². The van der Waals surface area contributed by atoms with Gasteiger partial charge in [-0.15, -0.1) is 0 Å². The van der Waals surface area contributed by atoms with Gasteiger partial charge in [-0.25, -0.2) is 4.79 Å². The summed E-state index contributed by atoms with van der Waals surface area (Å²) < 4.78 is 5.04. The highest BCUT2D eigenvalue weighted by Gasteiger charge is 2.47. The average Bonchev–Trinajstić information content (AvgIpc) is 2.67. The third kappa shape index (κ3) is 1.50. The molecule has 92 valence electrons. The largest absolute Gasteiger partial charge is 0.461 e. The highest BCUT2D eigenvalue weighted by molar-refractivity contribution is 5.89. The minimum atomic E-state index is -0.284. The maximum absolute atomic E-state index is 11.8. The molecular weight excluding hydrogens is 216 g/mol. The van der Waals surface area contributed by atoms with Crippen LogP contribution in [0.5, 0.6) is 0 Å². The molecule has 1 N–H and O–H groups in total. The third-order valence-corrected chi connectivity index (χ3v) is 4.50. The monoisotopic (exact) mass is 234 g/mol. The van der Waals surface area contributed by atoms with E-state index in [1.165, 1.54) is 12.8 Å². The first kappa shape index (κ1) is 10.8. The first-order valence-electron chi connectivity index (χ1n) is 6.37. The number of hydrogen-bond donors (Lipinski definition) is 1.